The number of hydrazine groups is 1. The summed E-state index contributed by atoms with van der Waals surface area (Å²) in [5.74, 6) is 5.35. The topological polar surface area (TPSA) is 113 Å². The molecule has 1 aromatic carbocycles. The van der Waals surface area contributed by atoms with Gasteiger partial charge in [-0.05, 0) is 37.0 Å². The Labute approximate surface area is 127 Å². The van der Waals surface area contributed by atoms with E-state index in [0.29, 0.717) is 11.5 Å². The number of carbonyl (C=O) groups excluding carboxylic acids is 1. The molecular formula is C15H17N5O2. The average molecular weight is 299 g/mol. The minimum Gasteiger partial charge on any atom is -0.508 e. The third kappa shape index (κ3) is 2.58. The number of nitrogens with one attached hydrogen (secondary N) is 2. The third-order valence-electron chi connectivity index (χ3n) is 4.02. The summed E-state index contributed by atoms with van der Waals surface area (Å²) in [6.45, 7) is 0. The van der Waals surface area contributed by atoms with Crippen molar-refractivity contribution < 1.29 is 9.90 Å². The number of aromatic hydroxyl groups is 1. The molecule has 2 aromatic rings. The number of phenolic OH excluding ortho intramolecular Hbond substituents is 1. The predicted octanol–water partition coefficient (Wildman–Crippen LogP) is 1.28. The third-order valence-corrected chi connectivity index (χ3v) is 4.02. The number of benzene rings is 1. The summed E-state index contributed by atoms with van der Waals surface area (Å²) in [5, 5.41) is 12.8. The monoisotopic (exact) mass is 299 g/mol. The maximum Gasteiger partial charge on any atom is 0.268 e. The number of nitrogens with zero attached hydrogens (tertiary/aromatic N) is 2. The Morgan fingerprint density at radius 2 is 1.82 bits per heavy atom. The molecule has 7 heteroatoms. The van der Waals surface area contributed by atoms with Crippen LogP contribution in [0.3, 0.4) is 0 Å². The van der Waals surface area contributed by atoms with E-state index in [1.165, 1.54) is 12.4 Å². The minimum absolute atomic E-state index is 0.217. The first-order valence-electron chi connectivity index (χ1n) is 7.04. The molecule has 22 heavy (non-hydrogen) atoms. The van der Waals surface area contributed by atoms with Crippen molar-refractivity contribution in [3.8, 4) is 5.75 Å². The standard InChI is InChI=1S/C15H17N5O2/c16-20-13(22)10-8-17-14(18-9-10)19-15(6-1-7-15)11-2-4-12(21)5-3-11/h2-5,8-9,21H,1,6-7,16H2,(H,20,22)(H,17,18,19). The number of nitrogen functional groups attached to an aromatic ring is 1. The van der Waals surface area contributed by atoms with E-state index in [4.69, 9.17) is 5.84 Å². The highest BCUT2D eigenvalue weighted by Gasteiger charge is 2.39. The average Bonchev–Trinajstić information content (AvgIpc) is 2.52. The lowest BCUT2D eigenvalue weighted by atomic mass is 9.72. The van der Waals surface area contributed by atoms with Crippen LogP contribution in [0.25, 0.3) is 0 Å². The Kier molecular flexibility index (Phi) is 3.64. The number of amides is 1. The van der Waals surface area contributed by atoms with Crippen molar-refractivity contribution >= 4 is 11.9 Å². The fraction of sp³-hybridized carbons (Fsp3) is 0.267. The first-order valence-corrected chi connectivity index (χ1v) is 7.04. The molecule has 0 spiro atoms. The Morgan fingerprint density at radius 3 is 2.32 bits per heavy atom. The van der Waals surface area contributed by atoms with Gasteiger partial charge in [-0.2, -0.15) is 0 Å². The zero-order valence-electron chi connectivity index (χ0n) is 11.9. The van der Waals surface area contributed by atoms with E-state index in [-0.39, 0.29) is 11.3 Å². The highest BCUT2D eigenvalue weighted by molar-refractivity contribution is 5.93. The largest absolute Gasteiger partial charge is 0.508 e. The molecule has 1 fully saturated rings. The summed E-state index contributed by atoms with van der Waals surface area (Å²) in [5.41, 5.74) is 3.22. The molecule has 0 unspecified atom stereocenters. The Morgan fingerprint density at radius 1 is 1.18 bits per heavy atom. The van der Waals surface area contributed by atoms with Gasteiger partial charge in [0.15, 0.2) is 0 Å². The van der Waals surface area contributed by atoms with Crippen LogP contribution in [0.2, 0.25) is 0 Å². The molecule has 0 atom stereocenters. The molecule has 1 aliphatic carbocycles. The van der Waals surface area contributed by atoms with Gasteiger partial charge in [-0.25, -0.2) is 15.8 Å². The van der Waals surface area contributed by atoms with Gasteiger partial charge in [0.05, 0.1) is 11.1 Å². The zero-order valence-corrected chi connectivity index (χ0v) is 11.9. The number of aromatic nitrogens is 2. The van der Waals surface area contributed by atoms with Gasteiger partial charge in [-0.3, -0.25) is 10.2 Å². The lowest BCUT2D eigenvalue weighted by molar-refractivity contribution is 0.0953. The molecule has 0 radical (unpaired) electrons. The van der Waals surface area contributed by atoms with Crippen molar-refractivity contribution in [2.45, 2.75) is 24.8 Å². The zero-order chi connectivity index (χ0) is 15.6. The van der Waals surface area contributed by atoms with Gasteiger partial charge < -0.3 is 10.4 Å². The van der Waals surface area contributed by atoms with Crippen LogP contribution in [-0.2, 0) is 5.54 Å². The van der Waals surface area contributed by atoms with Crippen molar-refractivity contribution in [2.75, 3.05) is 5.32 Å². The molecule has 0 aliphatic heterocycles. The van der Waals surface area contributed by atoms with Crippen LogP contribution in [0.15, 0.2) is 36.7 Å². The summed E-state index contributed by atoms with van der Waals surface area (Å²) < 4.78 is 0. The molecule has 1 aliphatic rings. The van der Waals surface area contributed by atoms with Crippen LogP contribution >= 0.6 is 0 Å². The normalized spacial score (nSPS) is 15.7. The van der Waals surface area contributed by atoms with Crippen molar-refractivity contribution in [3.63, 3.8) is 0 Å². The minimum atomic E-state index is -0.427. The number of rotatable bonds is 4. The second-order valence-electron chi connectivity index (χ2n) is 5.38. The second kappa shape index (κ2) is 5.61. The molecule has 7 nitrogen and oxygen atoms in total. The summed E-state index contributed by atoms with van der Waals surface area (Å²) in [6, 6.07) is 7.15. The van der Waals surface area contributed by atoms with Gasteiger partial charge in [-0.15, -0.1) is 0 Å². The summed E-state index contributed by atoms with van der Waals surface area (Å²) in [6.07, 6.45) is 5.90. The highest BCUT2D eigenvalue weighted by atomic mass is 16.3. The van der Waals surface area contributed by atoms with Crippen LogP contribution in [0.4, 0.5) is 5.95 Å². The van der Waals surface area contributed by atoms with Crippen molar-refractivity contribution in [3.05, 3.63) is 47.8 Å². The summed E-state index contributed by atoms with van der Waals surface area (Å²) >= 11 is 0. The van der Waals surface area contributed by atoms with E-state index in [9.17, 15) is 9.90 Å². The Balaban J connectivity index is 1.81. The molecule has 1 amide bonds. The fourth-order valence-corrected chi connectivity index (χ4v) is 2.60. The van der Waals surface area contributed by atoms with E-state index in [0.717, 1.165) is 24.8 Å². The first kappa shape index (κ1) is 14.3. The summed E-state index contributed by atoms with van der Waals surface area (Å²) in [4.78, 5) is 19.7. The van der Waals surface area contributed by atoms with Crippen LogP contribution in [0.1, 0.15) is 35.2 Å². The van der Waals surface area contributed by atoms with Crippen LogP contribution in [0, 0.1) is 0 Å². The molecule has 3 rings (SSSR count). The number of nitrogens with two attached hydrogens (primary N) is 1. The van der Waals surface area contributed by atoms with E-state index < -0.39 is 5.91 Å². The van der Waals surface area contributed by atoms with Crippen molar-refractivity contribution in [1.82, 2.24) is 15.4 Å². The molecule has 1 saturated carbocycles. The quantitative estimate of drug-likeness (QED) is 0.384. The number of anilines is 1. The van der Waals surface area contributed by atoms with Gasteiger partial charge in [-0.1, -0.05) is 12.1 Å². The SMILES string of the molecule is NNC(=O)c1cnc(NC2(c3ccc(O)cc3)CCC2)nc1. The molecule has 114 valence electrons. The second-order valence-corrected chi connectivity index (χ2v) is 5.38. The van der Waals surface area contributed by atoms with Gasteiger partial charge in [0.25, 0.3) is 5.91 Å². The maximum atomic E-state index is 11.4. The van der Waals surface area contributed by atoms with Crippen LogP contribution in [0.5, 0.6) is 5.75 Å². The molecule has 1 aromatic heterocycles. The fourth-order valence-electron chi connectivity index (χ4n) is 2.60. The Hall–Kier alpha value is -2.67. The summed E-state index contributed by atoms with van der Waals surface area (Å²) in [7, 11) is 0. The van der Waals surface area contributed by atoms with Gasteiger partial charge in [0.1, 0.15) is 5.75 Å². The van der Waals surface area contributed by atoms with Crippen molar-refractivity contribution in [1.29, 1.82) is 0 Å². The molecule has 5 N–H and O–H groups in total. The van der Waals surface area contributed by atoms with E-state index in [1.807, 2.05) is 17.6 Å². The maximum absolute atomic E-state index is 11.4. The molecular weight excluding hydrogens is 282 g/mol. The van der Waals surface area contributed by atoms with Crippen LogP contribution < -0.4 is 16.6 Å². The number of phenols is 1. The van der Waals surface area contributed by atoms with E-state index in [1.54, 1.807) is 12.1 Å². The van der Waals surface area contributed by atoms with Gasteiger partial charge in [0, 0.05) is 12.4 Å². The van der Waals surface area contributed by atoms with E-state index in [2.05, 4.69) is 15.3 Å². The molecule has 1 heterocycles. The van der Waals surface area contributed by atoms with Crippen LogP contribution in [-0.4, -0.2) is 21.0 Å². The number of carbonyl (C=O) groups is 1. The Bertz CT molecular complexity index is 665. The van der Waals surface area contributed by atoms with Crippen molar-refractivity contribution in [2.24, 2.45) is 5.84 Å². The van der Waals surface area contributed by atoms with Gasteiger partial charge >= 0.3 is 0 Å². The smallest absolute Gasteiger partial charge is 0.268 e. The predicted molar refractivity (Wildman–Crippen MR) is 80.9 cm³/mol. The lowest BCUT2D eigenvalue weighted by Crippen LogP contribution is -2.42. The molecule has 0 saturated heterocycles. The molecule has 0 bridgehead atoms. The number of hydrogen-bond donors (Lipinski definition) is 4. The van der Waals surface area contributed by atoms with Gasteiger partial charge in [0.2, 0.25) is 5.95 Å². The first-order chi connectivity index (χ1) is 10.6. The highest BCUT2D eigenvalue weighted by Crippen LogP contribution is 2.43. The number of hydrogen-bond acceptors (Lipinski definition) is 6. The lowest BCUT2D eigenvalue weighted by Gasteiger charge is -2.43. The van der Waals surface area contributed by atoms with E-state index >= 15 is 0 Å².